The SMILES string of the molecule is Cc1cc(N)c(=O)n(C2CC[C@@H]2O)c1. The van der Waals surface area contributed by atoms with Gasteiger partial charge in [0, 0.05) is 6.20 Å². The number of nitrogens with two attached hydrogens (primary N) is 1. The molecule has 1 saturated carbocycles. The molecule has 14 heavy (non-hydrogen) atoms. The van der Waals surface area contributed by atoms with Crippen LogP contribution < -0.4 is 11.3 Å². The highest BCUT2D eigenvalue weighted by molar-refractivity contribution is 5.37. The van der Waals surface area contributed by atoms with Gasteiger partial charge in [0.1, 0.15) is 0 Å². The number of rotatable bonds is 1. The van der Waals surface area contributed by atoms with E-state index in [1.807, 2.05) is 6.92 Å². The van der Waals surface area contributed by atoms with Crippen LogP contribution in [0.1, 0.15) is 24.4 Å². The minimum atomic E-state index is -0.395. The second kappa shape index (κ2) is 3.13. The van der Waals surface area contributed by atoms with Crippen LogP contribution in [0, 0.1) is 6.92 Å². The van der Waals surface area contributed by atoms with E-state index in [2.05, 4.69) is 0 Å². The highest BCUT2D eigenvalue weighted by Crippen LogP contribution is 2.31. The Morgan fingerprint density at radius 2 is 2.29 bits per heavy atom. The lowest BCUT2D eigenvalue weighted by molar-refractivity contribution is 0.0299. The van der Waals surface area contributed by atoms with Gasteiger partial charge in [-0.3, -0.25) is 4.79 Å². The summed E-state index contributed by atoms with van der Waals surface area (Å²) in [5.74, 6) is 0. The molecule has 0 amide bonds. The molecule has 1 unspecified atom stereocenters. The third-order valence-corrected chi connectivity index (χ3v) is 2.77. The van der Waals surface area contributed by atoms with Crippen LogP contribution in [0.5, 0.6) is 0 Å². The number of aliphatic hydroxyl groups excluding tert-OH is 1. The summed E-state index contributed by atoms with van der Waals surface area (Å²) in [5, 5.41) is 9.47. The lowest BCUT2D eigenvalue weighted by atomic mass is 9.89. The lowest BCUT2D eigenvalue weighted by Crippen LogP contribution is -2.39. The van der Waals surface area contributed by atoms with E-state index in [0.29, 0.717) is 0 Å². The van der Waals surface area contributed by atoms with Gasteiger partial charge in [0.05, 0.1) is 17.8 Å². The first-order valence-electron chi connectivity index (χ1n) is 4.76. The molecule has 1 aliphatic carbocycles. The summed E-state index contributed by atoms with van der Waals surface area (Å²) in [7, 11) is 0. The predicted molar refractivity (Wildman–Crippen MR) is 54.1 cm³/mol. The Morgan fingerprint density at radius 3 is 2.79 bits per heavy atom. The maximum Gasteiger partial charge on any atom is 0.274 e. The first kappa shape index (κ1) is 9.27. The summed E-state index contributed by atoms with van der Waals surface area (Å²) in [6.07, 6.45) is 2.98. The zero-order valence-electron chi connectivity index (χ0n) is 8.10. The van der Waals surface area contributed by atoms with Crippen molar-refractivity contribution >= 4 is 5.69 Å². The number of aromatic nitrogens is 1. The van der Waals surface area contributed by atoms with E-state index >= 15 is 0 Å². The van der Waals surface area contributed by atoms with Crippen LogP contribution in [0.4, 0.5) is 5.69 Å². The minimum absolute atomic E-state index is 0.0790. The maximum atomic E-state index is 11.6. The fraction of sp³-hybridized carbons (Fsp3) is 0.500. The van der Waals surface area contributed by atoms with Crippen LogP contribution in [0.15, 0.2) is 17.1 Å². The molecular formula is C10H14N2O2. The second-order valence-corrected chi connectivity index (χ2v) is 3.90. The molecule has 2 rings (SSSR count). The Morgan fingerprint density at radius 1 is 1.57 bits per heavy atom. The number of nitrogens with zero attached hydrogens (tertiary/aromatic N) is 1. The van der Waals surface area contributed by atoms with Crippen molar-refractivity contribution in [1.82, 2.24) is 4.57 Å². The van der Waals surface area contributed by atoms with Crippen molar-refractivity contribution in [3.05, 3.63) is 28.2 Å². The van der Waals surface area contributed by atoms with Crippen LogP contribution in [-0.2, 0) is 0 Å². The summed E-state index contributed by atoms with van der Waals surface area (Å²) in [5.41, 5.74) is 6.57. The van der Waals surface area contributed by atoms with Crippen LogP contribution in [0.3, 0.4) is 0 Å². The molecule has 1 heterocycles. The van der Waals surface area contributed by atoms with E-state index in [0.717, 1.165) is 18.4 Å². The molecule has 0 radical (unpaired) electrons. The number of nitrogen functional groups attached to an aromatic ring is 1. The quantitative estimate of drug-likeness (QED) is 0.681. The molecule has 1 aliphatic rings. The first-order chi connectivity index (χ1) is 6.59. The fourth-order valence-corrected chi connectivity index (χ4v) is 1.81. The molecule has 2 atom stereocenters. The molecule has 1 fully saturated rings. The molecule has 4 nitrogen and oxygen atoms in total. The summed E-state index contributed by atoms with van der Waals surface area (Å²) < 4.78 is 1.55. The van der Waals surface area contributed by atoms with Gasteiger partial charge in [-0.15, -0.1) is 0 Å². The fourth-order valence-electron chi connectivity index (χ4n) is 1.81. The molecule has 0 spiro atoms. The van der Waals surface area contributed by atoms with Crippen LogP contribution >= 0.6 is 0 Å². The molecule has 1 aromatic rings. The second-order valence-electron chi connectivity index (χ2n) is 3.90. The average molecular weight is 194 g/mol. The Hall–Kier alpha value is -1.29. The van der Waals surface area contributed by atoms with Crippen molar-refractivity contribution in [3.8, 4) is 0 Å². The normalized spacial score (nSPS) is 25.9. The largest absolute Gasteiger partial charge is 0.394 e. The van der Waals surface area contributed by atoms with E-state index in [-0.39, 0.29) is 17.3 Å². The van der Waals surface area contributed by atoms with Crippen molar-refractivity contribution in [2.45, 2.75) is 31.9 Å². The zero-order chi connectivity index (χ0) is 10.3. The number of hydrogen-bond acceptors (Lipinski definition) is 3. The van der Waals surface area contributed by atoms with Gasteiger partial charge in [-0.05, 0) is 31.4 Å². The number of aryl methyl sites for hydroxylation is 1. The summed E-state index contributed by atoms with van der Waals surface area (Å²) >= 11 is 0. The Balaban J connectivity index is 2.47. The third-order valence-electron chi connectivity index (χ3n) is 2.77. The number of pyridine rings is 1. The third kappa shape index (κ3) is 1.32. The zero-order valence-corrected chi connectivity index (χ0v) is 8.10. The van der Waals surface area contributed by atoms with Crippen LogP contribution in [0.25, 0.3) is 0 Å². The van der Waals surface area contributed by atoms with Crippen LogP contribution in [-0.4, -0.2) is 15.8 Å². The van der Waals surface area contributed by atoms with Crippen molar-refractivity contribution in [3.63, 3.8) is 0 Å². The smallest absolute Gasteiger partial charge is 0.274 e. The highest BCUT2D eigenvalue weighted by Gasteiger charge is 2.31. The standard InChI is InChI=1S/C10H14N2O2/c1-6-4-7(11)10(14)12(5-6)8-2-3-9(8)13/h4-5,8-9,13H,2-3,11H2,1H3/t8?,9-/m0/s1. The first-order valence-corrected chi connectivity index (χ1v) is 4.76. The molecule has 4 heteroatoms. The summed E-state index contributed by atoms with van der Waals surface area (Å²) in [6.45, 7) is 1.89. The molecule has 0 saturated heterocycles. The average Bonchev–Trinajstić information content (AvgIpc) is 2.11. The van der Waals surface area contributed by atoms with E-state index in [1.165, 1.54) is 0 Å². The molecule has 0 aliphatic heterocycles. The van der Waals surface area contributed by atoms with E-state index in [1.54, 1.807) is 16.8 Å². The van der Waals surface area contributed by atoms with Crippen molar-refractivity contribution in [2.24, 2.45) is 0 Å². The Labute approximate surface area is 82.0 Å². The van der Waals surface area contributed by atoms with Gasteiger partial charge >= 0.3 is 0 Å². The van der Waals surface area contributed by atoms with E-state index in [4.69, 9.17) is 5.73 Å². The van der Waals surface area contributed by atoms with Gasteiger partial charge in [0.2, 0.25) is 0 Å². The van der Waals surface area contributed by atoms with E-state index < -0.39 is 6.10 Å². The number of hydrogen-bond donors (Lipinski definition) is 2. The number of anilines is 1. The molecule has 1 aromatic heterocycles. The van der Waals surface area contributed by atoms with Gasteiger partial charge in [-0.25, -0.2) is 0 Å². The lowest BCUT2D eigenvalue weighted by Gasteiger charge is -2.34. The monoisotopic (exact) mass is 194 g/mol. The van der Waals surface area contributed by atoms with Crippen molar-refractivity contribution in [2.75, 3.05) is 5.73 Å². The molecule has 3 N–H and O–H groups in total. The van der Waals surface area contributed by atoms with Gasteiger partial charge in [0.25, 0.3) is 5.56 Å². The predicted octanol–water partition coefficient (Wildman–Crippen LogP) is 0.435. The molecular weight excluding hydrogens is 180 g/mol. The number of aliphatic hydroxyl groups is 1. The molecule has 0 bridgehead atoms. The highest BCUT2D eigenvalue weighted by atomic mass is 16.3. The van der Waals surface area contributed by atoms with Gasteiger partial charge in [0.15, 0.2) is 0 Å². The van der Waals surface area contributed by atoms with Gasteiger partial charge < -0.3 is 15.4 Å². The molecule has 0 aromatic carbocycles. The summed E-state index contributed by atoms with van der Waals surface area (Å²) in [6, 6.07) is 1.58. The topological polar surface area (TPSA) is 68.2 Å². The van der Waals surface area contributed by atoms with Gasteiger partial charge in [-0.1, -0.05) is 0 Å². The van der Waals surface area contributed by atoms with E-state index in [9.17, 15) is 9.90 Å². The maximum absolute atomic E-state index is 11.6. The van der Waals surface area contributed by atoms with Crippen LogP contribution in [0.2, 0.25) is 0 Å². The summed E-state index contributed by atoms with van der Waals surface area (Å²) in [4.78, 5) is 11.6. The Kier molecular flexibility index (Phi) is 2.07. The van der Waals surface area contributed by atoms with Gasteiger partial charge in [-0.2, -0.15) is 0 Å². The Bertz CT molecular complexity index is 411. The minimum Gasteiger partial charge on any atom is -0.394 e. The van der Waals surface area contributed by atoms with Crippen molar-refractivity contribution < 1.29 is 5.11 Å². The van der Waals surface area contributed by atoms with Crippen molar-refractivity contribution in [1.29, 1.82) is 0 Å². The molecule has 76 valence electrons.